The zero-order valence-corrected chi connectivity index (χ0v) is 11.5. The number of carbonyl (C=O) groups is 2. The van der Waals surface area contributed by atoms with Crippen LogP contribution in [0, 0.1) is 0 Å². The maximum atomic E-state index is 11.9. The maximum Gasteiger partial charge on any atom is 0.307 e. The van der Waals surface area contributed by atoms with Crippen LogP contribution in [0.5, 0.6) is 0 Å². The van der Waals surface area contributed by atoms with Gasteiger partial charge >= 0.3 is 5.97 Å². The summed E-state index contributed by atoms with van der Waals surface area (Å²) in [6, 6.07) is 9.07. The molecule has 106 valence electrons. The van der Waals surface area contributed by atoms with Gasteiger partial charge in [-0.3, -0.25) is 9.59 Å². The van der Waals surface area contributed by atoms with Crippen molar-refractivity contribution in [2.75, 3.05) is 6.54 Å². The first-order valence-electron chi connectivity index (χ1n) is 6.52. The molecule has 1 heterocycles. The van der Waals surface area contributed by atoms with E-state index in [0.29, 0.717) is 5.58 Å². The Labute approximate surface area is 116 Å². The minimum atomic E-state index is -0.335. The molecule has 20 heavy (non-hydrogen) atoms. The van der Waals surface area contributed by atoms with Crippen molar-refractivity contribution >= 4 is 22.8 Å². The van der Waals surface area contributed by atoms with E-state index in [9.17, 15) is 9.59 Å². The first-order valence-corrected chi connectivity index (χ1v) is 6.52. The molecule has 0 saturated heterocycles. The molecule has 0 radical (unpaired) electrons. The Morgan fingerprint density at radius 1 is 1.30 bits per heavy atom. The van der Waals surface area contributed by atoms with E-state index in [1.165, 1.54) is 0 Å². The van der Waals surface area contributed by atoms with E-state index in [0.717, 1.165) is 5.39 Å². The molecule has 1 amide bonds. The minimum Gasteiger partial charge on any atom is -0.463 e. The largest absolute Gasteiger partial charge is 0.463 e. The Kier molecular flexibility index (Phi) is 4.40. The highest BCUT2D eigenvalue weighted by molar-refractivity contribution is 5.96. The number of fused-ring (bicyclic) bond motifs is 1. The molecule has 1 N–H and O–H groups in total. The van der Waals surface area contributed by atoms with Crippen LogP contribution in [0.3, 0.4) is 0 Å². The summed E-state index contributed by atoms with van der Waals surface area (Å²) in [5.41, 5.74) is 0.664. The van der Waals surface area contributed by atoms with Crippen LogP contribution >= 0.6 is 0 Å². The fourth-order valence-electron chi connectivity index (χ4n) is 1.78. The molecule has 1 aromatic carbocycles. The van der Waals surface area contributed by atoms with Gasteiger partial charge in [-0.05, 0) is 26.0 Å². The van der Waals surface area contributed by atoms with Gasteiger partial charge in [-0.1, -0.05) is 18.2 Å². The lowest BCUT2D eigenvalue weighted by molar-refractivity contribution is -0.147. The molecule has 0 unspecified atom stereocenters. The molecule has 0 aliphatic carbocycles. The summed E-state index contributed by atoms with van der Waals surface area (Å²) in [6.45, 7) is 3.79. The third-order valence-corrected chi connectivity index (χ3v) is 2.63. The molecule has 0 spiro atoms. The third kappa shape index (κ3) is 3.60. The number of furan rings is 1. The van der Waals surface area contributed by atoms with Crippen molar-refractivity contribution in [2.24, 2.45) is 0 Å². The number of para-hydroxylation sites is 1. The van der Waals surface area contributed by atoms with Crippen LogP contribution < -0.4 is 5.32 Å². The number of hydrogen-bond acceptors (Lipinski definition) is 4. The van der Waals surface area contributed by atoms with E-state index < -0.39 is 0 Å². The van der Waals surface area contributed by atoms with Crippen LogP contribution in [0.25, 0.3) is 11.0 Å². The van der Waals surface area contributed by atoms with Crippen LogP contribution in [0.4, 0.5) is 0 Å². The zero-order chi connectivity index (χ0) is 14.5. The second kappa shape index (κ2) is 6.23. The Bertz CT molecular complexity index is 582. The summed E-state index contributed by atoms with van der Waals surface area (Å²) in [7, 11) is 0. The molecule has 0 aliphatic rings. The molecule has 2 rings (SSSR count). The standard InChI is InChI=1S/C15H17NO4/c1-10(2)19-14(17)7-8-16-15(18)13-9-11-5-3-4-6-12(11)20-13/h3-6,9-10H,7-8H2,1-2H3,(H,16,18). The Hall–Kier alpha value is -2.30. The van der Waals surface area contributed by atoms with Gasteiger partial charge in [0.1, 0.15) is 5.58 Å². The van der Waals surface area contributed by atoms with Crippen molar-refractivity contribution < 1.29 is 18.7 Å². The lowest BCUT2D eigenvalue weighted by Gasteiger charge is -2.07. The average Bonchev–Trinajstić information content (AvgIpc) is 2.81. The number of ether oxygens (including phenoxy) is 1. The SMILES string of the molecule is CC(C)OC(=O)CCNC(=O)c1cc2ccccc2o1. The van der Waals surface area contributed by atoms with Gasteiger partial charge in [-0.25, -0.2) is 0 Å². The molecule has 0 aliphatic heterocycles. The summed E-state index contributed by atoms with van der Waals surface area (Å²) >= 11 is 0. The number of rotatable bonds is 5. The first kappa shape index (κ1) is 14.1. The Balaban J connectivity index is 1.87. The normalized spacial score (nSPS) is 10.8. The summed E-state index contributed by atoms with van der Waals surface area (Å²) in [6.07, 6.45) is -0.00183. The monoisotopic (exact) mass is 275 g/mol. The van der Waals surface area contributed by atoms with E-state index in [2.05, 4.69) is 5.32 Å². The molecule has 0 fully saturated rings. The Morgan fingerprint density at radius 3 is 2.75 bits per heavy atom. The highest BCUT2D eigenvalue weighted by atomic mass is 16.5. The minimum absolute atomic E-state index is 0.143. The maximum absolute atomic E-state index is 11.9. The van der Waals surface area contributed by atoms with Gasteiger partial charge in [0.15, 0.2) is 5.76 Å². The third-order valence-electron chi connectivity index (χ3n) is 2.63. The number of esters is 1. The van der Waals surface area contributed by atoms with Crippen molar-refractivity contribution in [2.45, 2.75) is 26.4 Å². The van der Waals surface area contributed by atoms with Crippen molar-refractivity contribution in [3.63, 3.8) is 0 Å². The lowest BCUT2D eigenvalue weighted by Crippen LogP contribution is -2.26. The lowest BCUT2D eigenvalue weighted by atomic mass is 10.2. The highest BCUT2D eigenvalue weighted by Crippen LogP contribution is 2.18. The zero-order valence-electron chi connectivity index (χ0n) is 11.5. The molecule has 0 atom stereocenters. The van der Waals surface area contributed by atoms with E-state index in [1.54, 1.807) is 26.0 Å². The number of hydrogen-bond donors (Lipinski definition) is 1. The van der Waals surface area contributed by atoms with Gasteiger partial charge in [-0.2, -0.15) is 0 Å². The van der Waals surface area contributed by atoms with Gasteiger partial charge in [0.25, 0.3) is 5.91 Å². The molecular formula is C15H17NO4. The van der Waals surface area contributed by atoms with Crippen molar-refractivity contribution in [1.29, 1.82) is 0 Å². The molecule has 5 heteroatoms. The number of amides is 1. The molecule has 1 aromatic heterocycles. The fourth-order valence-corrected chi connectivity index (χ4v) is 1.78. The van der Waals surface area contributed by atoms with E-state index >= 15 is 0 Å². The van der Waals surface area contributed by atoms with Crippen molar-refractivity contribution in [1.82, 2.24) is 5.32 Å². The van der Waals surface area contributed by atoms with E-state index in [4.69, 9.17) is 9.15 Å². The van der Waals surface area contributed by atoms with Gasteiger partial charge in [0.05, 0.1) is 12.5 Å². The number of nitrogens with one attached hydrogen (secondary N) is 1. The predicted molar refractivity (Wildman–Crippen MR) is 74.4 cm³/mol. The van der Waals surface area contributed by atoms with Crippen LogP contribution in [0.1, 0.15) is 30.8 Å². The summed E-state index contributed by atoms with van der Waals surface area (Å²) in [5, 5.41) is 3.50. The predicted octanol–water partition coefficient (Wildman–Crippen LogP) is 2.50. The second-order valence-corrected chi connectivity index (χ2v) is 4.69. The van der Waals surface area contributed by atoms with Crippen LogP contribution in [0.2, 0.25) is 0 Å². The topological polar surface area (TPSA) is 68.5 Å². The summed E-state index contributed by atoms with van der Waals surface area (Å²) < 4.78 is 10.4. The molecule has 2 aromatic rings. The molecule has 0 bridgehead atoms. The summed E-state index contributed by atoms with van der Waals surface area (Å²) in [5.74, 6) is -0.424. The average molecular weight is 275 g/mol. The van der Waals surface area contributed by atoms with Gasteiger partial charge in [-0.15, -0.1) is 0 Å². The van der Waals surface area contributed by atoms with E-state index in [1.807, 2.05) is 18.2 Å². The molecule has 0 saturated carbocycles. The fraction of sp³-hybridized carbons (Fsp3) is 0.333. The molecular weight excluding hydrogens is 258 g/mol. The summed E-state index contributed by atoms with van der Waals surface area (Å²) in [4.78, 5) is 23.2. The smallest absolute Gasteiger partial charge is 0.307 e. The van der Waals surface area contributed by atoms with Crippen LogP contribution in [-0.4, -0.2) is 24.5 Å². The number of benzene rings is 1. The van der Waals surface area contributed by atoms with Crippen molar-refractivity contribution in [3.05, 3.63) is 36.1 Å². The van der Waals surface area contributed by atoms with E-state index in [-0.39, 0.29) is 36.7 Å². The van der Waals surface area contributed by atoms with Gasteiger partial charge in [0, 0.05) is 11.9 Å². The van der Waals surface area contributed by atoms with Crippen LogP contribution in [-0.2, 0) is 9.53 Å². The number of carbonyl (C=O) groups excluding carboxylic acids is 2. The van der Waals surface area contributed by atoms with Crippen molar-refractivity contribution in [3.8, 4) is 0 Å². The molecule has 5 nitrogen and oxygen atoms in total. The first-order chi connectivity index (χ1) is 9.56. The quantitative estimate of drug-likeness (QED) is 0.851. The van der Waals surface area contributed by atoms with Gasteiger partial charge in [0.2, 0.25) is 0 Å². The van der Waals surface area contributed by atoms with Gasteiger partial charge < -0.3 is 14.5 Å². The van der Waals surface area contributed by atoms with Crippen LogP contribution in [0.15, 0.2) is 34.7 Å². The Morgan fingerprint density at radius 2 is 2.05 bits per heavy atom. The second-order valence-electron chi connectivity index (χ2n) is 4.69. The highest BCUT2D eigenvalue weighted by Gasteiger charge is 2.12.